The van der Waals surface area contributed by atoms with Crippen LogP contribution >= 0.6 is 27.3 Å². The van der Waals surface area contributed by atoms with Crippen LogP contribution in [0.15, 0.2) is 40.2 Å². The number of rotatable bonds is 3. The molecule has 1 aliphatic rings. The number of nitrogens with one attached hydrogen (secondary N) is 2. The number of amides is 3. The third-order valence-electron chi connectivity index (χ3n) is 3.07. The van der Waals surface area contributed by atoms with Crippen molar-refractivity contribution < 1.29 is 9.59 Å². The molecule has 0 atom stereocenters. The van der Waals surface area contributed by atoms with Gasteiger partial charge in [0.05, 0.1) is 8.66 Å². The standard InChI is InChI=1S/C14H12BrN3O2S/c15-12-5-4-11(21-12)13(19)17-9-2-1-3-10(8-9)18-7-6-16-14(18)20/h1-5,8H,6-7H2,(H,16,20)(H,17,19). The molecule has 0 saturated carbocycles. The summed E-state index contributed by atoms with van der Waals surface area (Å²) in [5.41, 5.74) is 1.44. The zero-order valence-electron chi connectivity index (χ0n) is 10.9. The second-order valence-electron chi connectivity index (χ2n) is 4.49. The summed E-state index contributed by atoms with van der Waals surface area (Å²) in [4.78, 5) is 26.0. The SMILES string of the molecule is O=C(Nc1cccc(N2CCNC2=O)c1)c1ccc(Br)s1. The molecule has 3 amide bonds. The number of hydrogen-bond donors (Lipinski definition) is 2. The van der Waals surface area contributed by atoms with Gasteiger partial charge in [-0.2, -0.15) is 0 Å². The molecule has 3 rings (SSSR count). The Labute approximate surface area is 134 Å². The third kappa shape index (κ3) is 3.08. The quantitative estimate of drug-likeness (QED) is 0.876. The van der Waals surface area contributed by atoms with Crippen LogP contribution in [0.1, 0.15) is 9.67 Å². The number of halogens is 1. The van der Waals surface area contributed by atoms with Crippen molar-refractivity contribution in [2.75, 3.05) is 23.3 Å². The molecule has 7 heteroatoms. The number of thiophene rings is 1. The molecular formula is C14H12BrN3O2S. The maximum atomic E-state index is 12.1. The molecular weight excluding hydrogens is 354 g/mol. The van der Waals surface area contributed by atoms with Crippen LogP contribution in [0.25, 0.3) is 0 Å². The van der Waals surface area contributed by atoms with Crippen molar-refractivity contribution in [2.45, 2.75) is 0 Å². The van der Waals surface area contributed by atoms with Crippen molar-refractivity contribution in [1.82, 2.24) is 5.32 Å². The van der Waals surface area contributed by atoms with Gasteiger partial charge in [0.1, 0.15) is 0 Å². The number of hydrogen-bond acceptors (Lipinski definition) is 3. The number of carbonyl (C=O) groups excluding carboxylic acids is 2. The highest BCUT2D eigenvalue weighted by molar-refractivity contribution is 9.11. The molecule has 0 radical (unpaired) electrons. The monoisotopic (exact) mass is 365 g/mol. The zero-order chi connectivity index (χ0) is 14.8. The molecule has 108 valence electrons. The normalized spacial score (nSPS) is 14.1. The minimum Gasteiger partial charge on any atom is -0.336 e. The van der Waals surface area contributed by atoms with Gasteiger partial charge in [0, 0.05) is 24.5 Å². The molecule has 1 aliphatic heterocycles. The van der Waals surface area contributed by atoms with Crippen LogP contribution in [0.2, 0.25) is 0 Å². The van der Waals surface area contributed by atoms with E-state index >= 15 is 0 Å². The Morgan fingerprint density at radius 1 is 1.33 bits per heavy atom. The number of urea groups is 1. The van der Waals surface area contributed by atoms with Gasteiger partial charge in [-0.1, -0.05) is 6.07 Å². The van der Waals surface area contributed by atoms with Crippen LogP contribution in [0.5, 0.6) is 0 Å². The first-order valence-electron chi connectivity index (χ1n) is 6.35. The molecule has 2 N–H and O–H groups in total. The van der Waals surface area contributed by atoms with Crippen LogP contribution in [0.3, 0.4) is 0 Å². The highest BCUT2D eigenvalue weighted by atomic mass is 79.9. The lowest BCUT2D eigenvalue weighted by Gasteiger charge is -2.15. The third-order valence-corrected chi connectivity index (χ3v) is 4.69. The van der Waals surface area contributed by atoms with E-state index in [9.17, 15) is 9.59 Å². The first-order valence-corrected chi connectivity index (χ1v) is 7.96. The Balaban J connectivity index is 1.77. The molecule has 21 heavy (non-hydrogen) atoms. The van der Waals surface area contributed by atoms with Crippen LogP contribution in [-0.2, 0) is 0 Å². The molecule has 0 unspecified atom stereocenters. The smallest absolute Gasteiger partial charge is 0.321 e. The van der Waals surface area contributed by atoms with E-state index < -0.39 is 0 Å². The van der Waals surface area contributed by atoms with Gasteiger partial charge in [0.15, 0.2) is 0 Å². The van der Waals surface area contributed by atoms with Crippen LogP contribution in [-0.4, -0.2) is 25.0 Å². The van der Waals surface area contributed by atoms with Gasteiger partial charge in [-0.05, 0) is 46.3 Å². The molecule has 1 saturated heterocycles. The fourth-order valence-corrected chi connectivity index (χ4v) is 3.38. The number of benzene rings is 1. The van der Waals surface area contributed by atoms with Crippen molar-refractivity contribution in [3.8, 4) is 0 Å². The average Bonchev–Trinajstić information content (AvgIpc) is 3.08. The topological polar surface area (TPSA) is 61.4 Å². The van der Waals surface area contributed by atoms with E-state index in [1.807, 2.05) is 18.2 Å². The fourth-order valence-electron chi connectivity index (χ4n) is 2.10. The molecule has 1 fully saturated rings. The van der Waals surface area contributed by atoms with E-state index in [-0.39, 0.29) is 11.9 Å². The first-order chi connectivity index (χ1) is 10.1. The molecule has 1 aromatic carbocycles. The number of nitrogens with zero attached hydrogens (tertiary/aromatic N) is 1. The zero-order valence-corrected chi connectivity index (χ0v) is 13.3. The van der Waals surface area contributed by atoms with Crippen molar-refractivity contribution in [1.29, 1.82) is 0 Å². The molecule has 2 heterocycles. The Morgan fingerprint density at radius 3 is 2.86 bits per heavy atom. The van der Waals surface area contributed by atoms with Gasteiger partial charge in [-0.25, -0.2) is 4.79 Å². The van der Waals surface area contributed by atoms with E-state index in [0.29, 0.717) is 23.7 Å². The highest BCUT2D eigenvalue weighted by Gasteiger charge is 2.21. The predicted octanol–water partition coefficient (Wildman–Crippen LogP) is 3.29. The predicted molar refractivity (Wildman–Crippen MR) is 87.2 cm³/mol. The van der Waals surface area contributed by atoms with Gasteiger partial charge in [0.25, 0.3) is 5.91 Å². The minimum atomic E-state index is -0.159. The maximum absolute atomic E-state index is 12.1. The van der Waals surface area contributed by atoms with Crippen molar-refractivity contribution in [3.63, 3.8) is 0 Å². The van der Waals surface area contributed by atoms with E-state index in [1.165, 1.54) is 11.3 Å². The molecule has 2 aromatic rings. The van der Waals surface area contributed by atoms with Gasteiger partial charge in [-0.15, -0.1) is 11.3 Å². The summed E-state index contributed by atoms with van der Waals surface area (Å²) >= 11 is 4.71. The second-order valence-corrected chi connectivity index (χ2v) is 6.95. The second kappa shape index (κ2) is 5.87. The average molecular weight is 366 g/mol. The fraction of sp³-hybridized carbons (Fsp3) is 0.143. The Morgan fingerprint density at radius 2 is 2.19 bits per heavy atom. The summed E-state index contributed by atoms with van der Waals surface area (Å²) in [5, 5.41) is 5.60. The minimum absolute atomic E-state index is 0.110. The summed E-state index contributed by atoms with van der Waals surface area (Å²) in [5.74, 6) is -0.159. The van der Waals surface area contributed by atoms with E-state index in [0.717, 1.165) is 9.47 Å². The lowest BCUT2D eigenvalue weighted by atomic mass is 10.2. The lowest BCUT2D eigenvalue weighted by Crippen LogP contribution is -2.27. The van der Waals surface area contributed by atoms with Gasteiger partial charge >= 0.3 is 6.03 Å². The molecule has 0 aliphatic carbocycles. The van der Waals surface area contributed by atoms with E-state index in [4.69, 9.17) is 0 Å². The van der Waals surface area contributed by atoms with E-state index in [1.54, 1.807) is 23.1 Å². The van der Waals surface area contributed by atoms with Crippen molar-refractivity contribution in [2.24, 2.45) is 0 Å². The Bertz CT molecular complexity index is 701. The number of anilines is 2. The lowest BCUT2D eigenvalue weighted by molar-refractivity contribution is 0.103. The Hall–Kier alpha value is -1.86. The molecule has 0 bridgehead atoms. The first kappa shape index (κ1) is 14.1. The summed E-state index contributed by atoms with van der Waals surface area (Å²) in [7, 11) is 0. The van der Waals surface area contributed by atoms with Gasteiger partial charge in [0.2, 0.25) is 0 Å². The molecule has 0 spiro atoms. The summed E-state index contributed by atoms with van der Waals surface area (Å²) in [6.45, 7) is 1.27. The van der Waals surface area contributed by atoms with Crippen molar-refractivity contribution in [3.05, 3.63) is 45.1 Å². The largest absolute Gasteiger partial charge is 0.336 e. The van der Waals surface area contributed by atoms with E-state index in [2.05, 4.69) is 26.6 Å². The summed E-state index contributed by atoms with van der Waals surface area (Å²) in [6.07, 6.45) is 0. The summed E-state index contributed by atoms with van der Waals surface area (Å²) < 4.78 is 0.912. The van der Waals surface area contributed by atoms with Gasteiger partial charge < -0.3 is 10.6 Å². The van der Waals surface area contributed by atoms with Crippen LogP contribution in [0.4, 0.5) is 16.2 Å². The molecule has 1 aromatic heterocycles. The van der Waals surface area contributed by atoms with Gasteiger partial charge in [-0.3, -0.25) is 9.69 Å². The summed E-state index contributed by atoms with van der Waals surface area (Å²) in [6, 6.07) is 10.8. The van der Waals surface area contributed by atoms with Crippen LogP contribution in [0, 0.1) is 0 Å². The molecule has 5 nitrogen and oxygen atoms in total. The Kier molecular flexibility index (Phi) is 3.94. The van der Waals surface area contributed by atoms with Crippen molar-refractivity contribution >= 4 is 50.6 Å². The number of carbonyl (C=O) groups is 2. The highest BCUT2D eigenvalue weighted by Crippen LogP contribution is 2.25. The van der Waals surface area contributed by atoms with Crippen LogP contribution < -0.4 is 15.5 Å². The maximum Gasteiger partial charge on any atom is 0.321 e.